The van der Waals surface area contributed by atoms with Crippen molar-refractivity contribution >= 4 is 29.9 Å². The van der Waals surface area contributed by atoms with Crippen LogP contribution in [0, 0.1) is 0 Å². The minimum atomic E-state index is 0. The zero-order valence-electron chi connectivity index (χ0n) is 13.3. The lowest BCUT2D eigenvalue weighted by Crippen LogP contribution is -2.43. The molecular weight excluding hydrogens is 389 g/mol. The molecule has 0 aromatic heterocycles. The van der Waals surface area contributed by atoms with Gasteiger partial charge < -0.3 is 15.4 Å². The molecule has 22 heavy (non-hydrogen) atoms. The highest BCUT2D eigenvalue weighted by Crippen LogP contribution is 2.13. The Bertz CT molecular complexity index is 494. The molecule has 1 aromatic rings. The van der Waals surface area contributed by atoms with Gasteiger partial charge in [-0.2, -0.15) is 0 Å². The van der Waals surface area contributed by atoms with Crippen LogP contribution < -0.4 is 15.4 Å². The highest BCUT2D eigenvalue weighted by Gasteiger charge is 2.11. The monoisotopic (exact) mass is 415 g/mol. The fourth-order valence-corrected chi connectivity index (χ4v) is 2.41. The number of hydrogen-bond donors (Lipinski definition) is 2. The quantitative estimate of drug-likeness (QED) is 0.325. The molecule has 5 heteroatoms. The predicted molar refractivity (Wildman–Crippen MR) is 103 cm³/mol. The fourth-order valence-electron chi connectivity index (χ4n) is 2.41. The van der Waals surface area contributed by atoms with Crippen LogP contribution in [-0.2, 0) is 6.42 Å². The Morgan fingerprint density at radius 1 is 1.32 bits per heavy atom. The Morgan fingerprint density at radius 3 is 2.77 bits per heavy atom. The van der Waals surface area contributed by atoms with Crippen LogP contribution in [0.1, 0.15) is 25.3 Å². The summed E-state index contributed by atoms with van der Waals surface area (Å²) in [6, 6.07) is 8.74. The number of guanidine groups is 1. The molecule has 0 radical (unpaired) electrons. The van der Waals surface area contributed by atoms with Crippen LogP contribution in [-0.4, -0.2) is 32.2 Å². The second kappa shape index (κ2) is 10.5. The van der Waals surface area contributed by atoms with Crippen LogP contribution >= 0.6 is 24.0 Å². The fraction of sp³-hybridized carbons (Fsp3) is 0.471. The first-order valence-electron chi connectivity index (χ1n) is 7.65. The molecule has 0 heterocycles. The summed E-state index contributed by atoms with van der Waals surface area (Å²) < 4.78 is 5.52. The van der Waals surface area contributed by atoms with E-state index in [1.54, 1.807) is 0 Å². The predicted octanol–water partition coefficient (Wildman–Crippen LogP) is 3.13. The van der Waals surface area contributed by atoms with Crippen LogP contribution in [0.5, 0.6) is 5.75 Å². The van der Waals surface area contributed by atoms with Crippen molar-refractivity contribution < 1.29 is 4.74 Å². The number of nitrogens with one attached hydrogen (secondary N) is 2. The van der Waals surface area contributed by atoms with E-state index in [0.717, 1.165) is 37.5 Å². The van der Waals surface area contributed by atoms with Crippen molar-refractivity contribution in [1.29, 1.82) is 0 Å². The Labute approximate surface area is 150 Å². The first-order chi connectivity index (χ1) is 10.3. The van der Waals surface area contributed by atoms with Crippen molar-refractivity contribution in [2.45, 2.75) is 32.2 Å². The minimum absolute atomic E-state index is 0. The van der Waals surface area contributed by atoms with Gasteiger partial charge in [0.1, 0.15) is 5.75 Å². The maximum atomic E-state index is 5.52. The molecule has 2 N–H and O–H groups in total. The molecule has 0 unspecified atom stereocenters. The molecule has 0 aliphatic heterocycles. The molecular formula is C17H26IN3O. The summed E-state index contributed by atoms with van der Waals surface area (Å²) in [5, 5.41) is 6.80. The van der Waals surface area contributed by atoms with Crippen molar-refractivity contribution in [1.82, 2.24) is 10.6 Å². The molecule has 0 fully saturated rings. The summed E-state index contributed by atoms with van der Waals surface area (Å²) in [4.78, 5) is 4.27. The van der Waals surface area contributed by atoms with Gasteiger partial charge in [-0.05, 0) is 43.9 Å². The largest absolute Gasteiger partial charge is 0.494 e. The first kappa shape index (κ1) is 18.8. The first-order valence-corrected chi connectivity index (χ1v) is 7.65. The highest BCUT2D eigenvalue weighted by atomic mass is 127. The summed E-state index contributed by atoms with van der Waals surface area (Å²) >= 11 is 0. The van der Waals surface area contributed by atoms with E-state index in [2.05, 4.69) is 39.9 Å². The molecule has 0 amide bonds. The molecule has 0 saturated heterocycles. The molecule has 0 atom stereocenters. The summed E-state index contributed by atoms with van der Waals surface area (Å²) in [6.07, 6.45) is 7.53. The van der Waals surface area contributed by atoms with E-state index in [9.17, 15) is 0 Å². The van der Waals surface area contributed by atoms with E-state index < -0.39 is 0 Å². The summed E-state index contributed by atoms with van der Waals surface area (Å²) in [5.74, 6) is 1.82. The number of hydrogen-bond acceptors (Lipinski definition) is 2. The topological polar surface area (TPSA) is 45.6 Å². The van der Waals surface area contributed by atoms with Gasteiger partial charge in [0.05, 0.1) is 6.61 Å². The van der Waals surface area contributed by atoms with Crippen LogP contribution in [0.15, 0.2) is 41.4 Å². The van der Waals surface area contributed by atoms with Crippen LogP contribution in [0.25, 0.3) is 0 Å². The SMILES string of the molecule is CCOc1cccc(CCNC(=NC)NC2CC=CC2)c1.I. The lowest BCUT2D eigenvalue weighted by atomic mass is 10.1. The second-order valence-corrected chi connectivity index (χ2v) is 5.11. The van der Waals surface area contributed by atoms with E-state index in [1.807, 2.05) is 26.1 Å². The standard InChI is InChI=1S/C17H25N3O.HI/c1-3-21-16-10-6-7-14(13-16)11-12-19-17(18-2)20-15-8-4-5-9-15;/h4-7,10,13,15H,3,8-9,11-12H2,1-2H3,(H2,18,19,20);1H. The van der Waals surface area contributed by atoms with E-state index in [-0.39, 0.29) is 24.0 Å². The molecule has 0 bridgehead atoms. The maximum Gasteiger partial charge on any atom is 0.191 e. The molecule has 0 saturated carbocycles. The minimum Gasteiger partial charge on any atom is -0.494 e. The average Bonchev–Trinajstić information content (AvgIpc) is 3.00. The van der Waals surface area contributed by atoms with Gasteiger partial charge in [0.25, 0.3) is 0 Å². The highest BCUT2D eigenvalue weighted by molar-refractivity contribution is 14.0. The van der Waals surface area contributed by atoms with Gasteiger partial charge in [0.2, 0.25) is 0 Å². The Balaban J connectivity index is 0.00000242. The molecule has 122 valence electrons. The van der Waals surface area contributed by atoms with Gasteiger partial charge in [-0.15, -0.1) is 24.0 Å². The lowest BCUT2D eigenvalue weighted by molar-refractivity contribution is 0.340. The van der Waals surface area contributed by atoms with Gasteiger partial charge in [0.15, 0.2) is 5.96 Å². The lowest BCUT2D eigenvalue weighted by Gasteiger charge is -2.17. The van der Waals surface area contributed by atoms with Gasteiger partial charge in [-0.25, -0.2) is 0 Å². The number of halogens is 1. The summed E-state index contributed by atoms with van der Waals surface area (Å²) in [6.45, 7) is 3.56. The number of ether oxygens (including phenoxy) is 1. The third kappa shape index (κ3) is 6.25. The summed E-state index contributed by atoms with van der Waals surface area (Å²) in [7, 11) is 1.81. The Hall–Kier alpha value is -1.24. The van der Waals surface area contributed by atoms with Gasteiger partial charge >= 0.3 is 0 Å². The summed E-state index contributed by atoms with van der Waals surface area (Å²) in [5.41, 5.74) is 1.27. The molecule has 2 rings (SSSR count). The van der Waals surface area contributed by atoms with Crippen LogP contribution in [0.3, 0.4) is 0 Å². The van der Waals surface area contributed by atoms with Gasteiger partial charge in [-0.3, -0.25) is 4.99 Å². The van der Waals surface area contributed by atoms with E-state index in [1.165, 1.54) is 5.56 Å². The van der Waals surface area contributed by atoms with Crippen molar-refractivity contribution in [2.75, 3.05) is 20.2 Å². The molecule has 4 nitrogen and oxygen atoms in total. The van der Waals surface area contributed by atoms with Crippen molar-refractivity contribution in [3.05, 3.63) is 42.0 Å². The van der Waals surface area contributed by atoms with Gasteiger partial charge in [0, 0.05) is 19.6 Å². The third-order valence-corrected chi connectivity index (χ3v) is 3.49. The number of aliphatic imine (C=N–C) groups is 1. The molecule has 1 aliphatic carbocycles. The van der Waals surface area contributed by atoms with Crippen molar-refractivity contribution in [3.8, 4) is 5.75 Å². The average molecular weight is 415 g/mol. The third-order valence-electron chi connectivity index (χ3n) is 3.49. The smallest absolute Gasteiger partial charge is 0.191 e. The normalized spacial score (nSPS) is 14.5. The van der Waals surface area contributed by atoms with E-state index in [4.69, 9.17) is 4.74 Å². The van der Waals surface area contributed by atoms with E-state index in [0.29, 0.717) is 12.6 Å². The molecule has 1 aliphatic rings. The number of nitrogens with zero attached hydrogens (tertiary/aromatic N) is 1. The zero-order chi connectivity index (χ0) is 14.9. The Kier molecular flexibility index (Phi) is 8.96. The van der Waals surface area contributed by atoms with Crippen LogP contribution in [0.2, 0.25) is 0 Å². The molecule has 0 spiro atoms. The van der Waals surface area contributed by atoms with E-state index >= 15 is 0 Å². The van der Waals surface area contributed by atoms with Crippen molar-refractivity contribution in [3.63, 3.8) is 0 Å². The second-order valence-electron chi connectivity index (χ2n) is 5.11. The Morgan fingerprint density at radius 2 is 2.09 bits per heavy atom. The number of rotatable bonds is 6. The molecule has 1 aromatic carbocycles. The zero-order valence-corrected chi connectivity index (χ0v) is 15.7. The van der Waals surface area contributed by atoms with Gasteiger partial charge in [-0.1, -0.05) is 24.3 Å². The maximum absolute atomic E-state index is 5.52. The van der Waals surface area contributed by atoms with Crippen LogP contribution in [0.4, 0.5) is 0 Å². The van der Waals surface area contributed by atoms with Crippen molar-refractivity contribution in [2.24, 2.45) is 4.99 Å². The number of benzene rings is 1.